The lowest BCUT2D eigenvalue weighted by atomic mass is 9.79. The van der Waals surface area contributed by atoms with Gasteiger partial charge in [0.05, 0.1) is 15.9 Å². The SMILES string of the molecule is CC1CCC(Nc2ccc([N+](=O)[O-])cc2[N+](=O)[O-])CC1C. The summed E-state index contributed by atoms with van der Waals surface area (Å²) < 4.78 is 0. The van der Waals surface area contributed by atoms with Gasteiger partial charge < -0.3 is 5.32 Å². The second-order valence-corrected chi connectivity index (χ2v) is 5.82. The minimum Gasteiger partial charge on any atom is -0.377 e. The second kappa shape index (κ2) is 6.07. The van der Waals surface area contributed by atoms with Crippen LogP contribution in [0.3, 0.4) is 0 Å². The van der Waals surface area contributed by atoms with E-state index in [4.69, 9.17) is 0 Å². The van der Waals surface area contributed by atoms with Crippen LogP contribution in [-0.2, 0) is 0 Å². The summed E-state index contributed by atoms with van der Waals surface area (Å²) in [5.74, 6) is 1.23. The van der Waals surface area contributed by atoms with Crippen molar-refractivity contribution in [1.29, 1.82) is 0 Å². The maximum absolute atomic E-state index is 11.1. The van der Waals surface area contributed by atoms with Gasteiger partial charge in [-0.1, -0.05) is 13.8 Å². The third-order valence-corrected chi connectivity index (χ3v) is 4.35. The zero-order valence-electron chi connectivity index (χ0n) is 12.1. The molecule has 1 aromatic carbocycles. The fourth-order valence-corrected chi connectivity index (χ4v) is 2.81. The minimum absolute atomic E-state index is 0.177. The van der Waals surface area contributed by atoms with Gasteiger partial charge in [0.1, 0.15) is 5.69 Å². The van der Waals surface area contributed by atoms with Crippen molar-refractivity contribution in [2.24, 2.45) is 11.8 Å². The Morgan fingerprint density at radius 1 is 1.10 bits per heavy atom. The predicted molar refractivity (Wildman–Crippen MR) is 79.3 cm³/mol. The molecule has 3 unspecified atom stereocenters. The van der Waals surface area contributed by atoms with Crippen LogP contribution in [0, 0.1) is 32.1 Å². The number of hydrogen-bond donors (Lipinski definition) is 1. The molecule has 1 fully saturated rings. The van der Waals surface area contributed by atoms with Crippen molar-refractivity contribution in [1.82, 2.24) is 0 Å². The Morgan fingerprint density at radius 3 is 2.38 bits per heavy atom. The molecule has 114 valence electrons. The first-order chi connectivity index (χ1) is 9.88. The van der Waals surface area contributed by atoms with Gasteiger partial charge >= 0.3 is 0 Å². The number of anilines is 1. The molecule has 1 aliphatic rings. The number of non-ortho nitro benzene ring substituents is 1. The molecule has 0 saturated heterocycles. The van der Waals surface area contributed by atoms with Crippen LogP contribution in [0.25, 0.3) is 0 Å². The van der Waals surface area contributed by atoms with Gasteiger partial charge in [0.2, 0.25) is 0 Å². The van der Waals surface area contributed by atoms with Crippen LogP contribution in [0.5, 0.6) is 0 Å². The van der Waals surface area contributed by atoms with E-state index in [9.17, 15) is 20.2 Å². The molecule has 3 atom stereocenters. The Hall–Kier alpha value is -2.18. The predicted octanol–water partition coefficient (Wildman–Crippen LogP) is 3.74. The highest BCUT2D eigenvalue weighted by Crippen LogP contribution is 2.34. The van der Waals surface area contributed by atoms with E-state index in [1.165, 1.54) is 12.1 Å². The van der Waals surface area contributed by atoms with Crippen molar-refractivity contribution in [3.8, 4) is 0 Å². The van der Waals surface area contributed by atoms with E-state index in [1.807, 2.05) is 0 Å². The van der Waals surface area contributed by atoms with Crippen LogP contribution in [0.2, 0.25) is 0 Å². The summed E-state index contributed by atoms with van der Waals surface area (Å²) in [6.07, 6.45) is 2.99. The van der Waals surface area contributed by atoms with Crippen molar-refractivity contribution >= 4 is 17.1 Å². The van der Waals surface area contributed by atoms with Gasteiger partial charge in [0, 0.05) is 12.1 Å². The van der Waals surface area contributed by atoms with E-state index in [-0.39, 0.29) is 17.4 Å². The average molecular weight is 293 g/mol. The lowest BCUT2D eigenvalue weighted by molar-refractivity contribution is -0.393. The molecule has 0 amide bonds. The smallest absolute Gasteiger partial charge is 0.299 e. The van der Waals surface area contributed by atoms with Crippen molar-refractivity contribution in [3.05, 3.63) is 38.4 Å². The van der Waals surface area contributed by atoms with E-state index in [0.717, 1.165) is 25.3 Å². The summed E-state index contributed by atoms with van der Waals surface area (Å²) in [5, 5.41) is 25.0. The number of nitrogens with one attached hydrogen (secondary N) is 1. The van der Waals surface area contributed by atoms with Gasteiger partial charge in [0.25, 0.3) is 11.4 Å². The molecule has 1 saturated carbocycles. The normalized spacial score (nSPS) is 25.3. The van der Waals surface area contributed by atoms with Crippen molar-refractivity contribution in [2.75, 3.05) is 5.32 Å². The first kappa shape index (κ1) is 15.2. The summed E-state index contributed by atoms with van der Waals surface area (Å²) in [5.41, 5.74) is -0.147. The molecule has 0 radical (unpaired) electrons. The second-order valence-electron chi connectivity index (χ2n) is 5.82. The fraction of sp³-hybridized carbons (Fsp3) is 0.571. The van der Waals surface area contributed by atoms with E-state index in [1.54, 1.807) is 0 Å². The van der Waals surface area contributed by atoms with Crippen molar-refractivity contribution in [3.63, 3.8) is 0 Å². The van der Waals surface area contributed by atoms with E-state index < -0.39 is 9.85 Å². The Morgan fingerprint density at radius 2 is 1.81 bits per heavy atom. The zero-order valence-corrected chi connectivity index (χ0v) is 12.1. The third kappa shape index (κ3) is 3.48. The molecule has 0 heterocycles. The fourth-order valence-electron chi connectivity index (χ4n) is 2.81. The molecular weight excluding hydrogens is 274 g/mol. The molecule has 1 aromatic rings. The van der Waals surface area contributed by atoms with Gasteiger partial charge in [-0.15, -0.1) is 0 Å². The number of benzene rings is 1. The molecule has 0 bridgehead atoms. The van der Waals surface area contributed by atoms with Crippen molar-refractivity contribution in [2.45, 2.75) is 39.2 Å². The lowest BCUT2D eigenvalue weighted by Crippen LogP contribution is -2.30. The van der Waals surface area contributed by atoms with E-state index in [2.05, 4.69) is 19.2 Å². The zero-order chi connectivity index (χ0) is 15.6. The molecule has 0 spiro atoms. The van der Waals surface area contributed by atoms with Gasteiger partial charge in [-0.2, -0.15) is 0 Å². The highest BCUT2D eigenvalue weighted by Gasteiger charge is 2.27. The van der Waals surface area contributed by atoms with Gasteiger partial charge in [0.15, 0.2) is 0 Å². The molecule has 0 aromatic heterocycles. The molecule has 0 aliphatic heterocycles. The number of nitro groups is 2. The molecule has 1 aliphatic carbocycles. The number of nitrogens with zero attached hydrogens (tertiary/aromatic N) is 2. The Kier molecular flexibility index (Phi) is 4.40. The van der Waals surface area contributed by atoms with Crippen LogP contribution in [0.4, 0.5) is 17.1 Å². The average Bonchev–Trinajstić information content (AvgIpc) is 2.43. The maximum Gasteiger partial charge on any atom is 0.299 e. The Balaban J connectivity index is 2.19. The summed E-state index contributed by atoms with van der Waals surface area (Å²) in [6.45, 7) is 4.40. The maximum atomic E-state index is 11.1. The summed E-state index contributed by atoms with van der Waals surface area (Å²) in [4.78, 5) is 20.6. The molecule has 21 heavy (non-hydrogen) atoms. The number of rotatable bonds is 4. The number of nitro benzene ring substituents is 2. The largest absolute Gasteiger partial charge is 0.377 e. The van der Waals surface area contributed by atoms with Crippen molar-refractivity contribution < 1.29 is 9.85 Å². The van der Waals surface area contributed by atoms with Gasteiger partial charge in [-0.3, -0.25) is 20.2 Å². The van der Waals surface area contributed by atoms with Crippen LogP contribution in [0.15, 0.2) is 18.2 Å². The van der Waals surface area contributed by atoms with Gasteiger partial charge in [-0.05, 0) is 37.2 Å². The first-order valence-electron chi connectivity index (χ1n) is 7.08. The molecule has 2 rings (SSSR count). The molecule has 7 nitrogen and oxygen atoms in total. The monoisotopic (exact) mass is 293 g/mol. The third-order valence-electron chi connectivity index (χ3n) is 4.35. The highest BCUT2D eigenvalue weighted by molar-refractivity contribution is 5.65. The van der Waals surface area contributed by atoms with Crippen LogP contribution < -0.4 is 5.32 Å². The highest BCUT2D eigenvalue weighted by atomic mass is 16.6. The summed E-state index contributed by atoms with van der Waals surface area (Å²) in [7, 11) is 0. The molecular formula is C14H19N3O4. The first-order valence-corrected chi connectivity index (χ1v) is 7.08. The topological polar surface area (TPSA) is 98.3 Å². The standard InChI is InChI=1S/C14H19N3O4/c1-9-3-4-11(7-10(9)2)15-13-6-5-12(16(18)19)8-14(13)17(20)21/h5-6,8-11,15H,3-4,7H2,1-2H3. The summed E-state index contributed by atoms with van der Waals surface area (Å²) >= 11 is 0. The van der Waals surface area contributed by atoms with Crippen LogP contribution in [-0.4, -0.2) is 15.9 Å². The lowest BCUT2D eigenvalue weighted by Gasteiger charge is -2.32. The van der Waals surface area contributed by atoms with Gasteiger partial charge in [-0.25, -0.2) is 0 Å². The molecule has 7 heteroatoms. The summed E-state index contributed by atoms with van der Waals surface area (Å²) in [6, 6.07) is 3.91. The Labute approximate surface area is 122 Å². The van der Waals surface area contributed by atoms with E-state index in [0.29, 0.717) is 17.5 Å². The minimum atomic E-state index is -0.624. The molecule has 1 N–H and O–H groups in total. The Bertz CT molecular complexity index is 561. The van der Waals surface area contributed by atoms with Crippen LogP contribution in [0.1, 0.15) is 33.1 Å². The van der Waals surface area contributed by atoms with Crippen LogP contribution >= 0.6 is 0 Å². The van der Waals surface area contributed by atoms with E-state index >= 15 is 0 Å². The number of hydrogen-bond acceptors (Lipinski definition) is 5. The quantitative estimate of drug-likeness (QED) is 0.673.